The first-order valence-corrected chi connectivity index (χ1v) is 6.03. The second-order valence-corrected chi connectivity index (χ2v) is 4.24. The molecule has 0 radical (unpaired) electrons. The topological polar surface area (TPSA) is 57.5 Å². The molecule has 0 saturated carbocycles. The normalized spacial score (nSPS) is 16.1. The molecular formula is C12H20ClN3O2. The Labute approximate surface area is 113 Å². The van der Waals surface area contributed by atoms with Crippen molar-refractivity contribution in [2.45, 2.75) is 6.92 Å². The Morgan fingerprint density at radius 1 is 1.50 bits per heavy atom. The Balaban J connectivity index is 0.00000162. The molecule has 2 N–H and O–H groups in total. The van der Waals surface area contributed by atoms with Crippen molar-refractivity contribution in [1.29, 1.82) is 0 Å². The van der Waals surface area contributed by atoms with Gasteiger partial charge in [0.15, 0.2) is 0 Å². The van der Waals surface area contributed by atoms with Gasteiger partial charge in [-0.05, 0) is 13.0 Å². The van der Waals surface area contributed by atoms with E-state index in [9.17, 15) is 4.79 Å². The molecule has 6 heteroatoms. The lowest BCUT2D eigenvalue weighted by Crippen LogP contribution is -2.46. The highest BCUT2D eigenvalue weighted by atomic mass is 35.5. The molecule has 1 aliphatic heterocycles. The summed E-state index contributed by atoms with van der Waals surface area (Å²) in [6.45, 7) is 7.57. The Morgan fingerprint density at radius 2 is 2.22 bits per heavy atom. The van der Waals surface area contributed by atoms with Crippen LogP contribution in [0.5, 0.6) is 0 Å². The minimum atomic E-state index is -0.0496. The number of nitrogens with one attached hydrogen (secondary N) is 2. The number of hydrogen-bond acceptors (Lipinski definition) is 4. The van der Waals surface area contributed by atoms with Crippen molar-refractivity contribution in [3.63, 3.8) is 0 Å². The molecule has 0 unspecified atom stereocenters. The second kappa shape index (κ2) is 7.41. The Morgan fingerprint density at radius 3 is 2.83 bits per heavy atom. The number of nitrogens with zero attached hydrogens (tertiary/aromatic N) is 1. The van der Waals surface area contributed by atoms with E-state index in [1.54, 1.807) is 19.3 Å². The molecule has 2 heterocycles. The van der Waals surface area contributed by atoms with E-state index in [0.717, 1.165) is 32.7 Å². The maximum absolute atomic E-state index is 11.8. The number of carbonyl (C=O) groups is 1. The molecule has 1 aliphatic rings. The van der Waals surface area contributed by atoms with Gasteiger partial charge < -0.3 is 15.1 Å². The van der Waals surface area contributed by atoms with E-state index >= 15 is 0 Å². The fourth-order valence-electron chi connectivity index (χ4n) is 1.98. The van der Waals surface area contributed by atoms with Gasteiger partial charge in [0, 0.05) is 39.3 Å². The number of carbonyl (C=O) groups excluding carboxylic acids is 1. The molecule has 0 aromatic carbocycles. The zero-order chi connectivity index (χ0) is 12.1. The lowest BCUT2D eigenvalue weighted by atomic mass is 10.2. The molecule has 1 saturated heterocycles. The number of furan rings is 1. The van der Waals surface area contributed by atoms with Crippen molar-refractivity contribution >= 4 is 18.3 Å². The summed E-state index contributed by atoms with van der Waals surface area (Å²) in [5.41, 5.74) is 0.630. The summed E-state index contributed by atoms with van der Waals surface area (Å²) in [7, 11) is 0. The van der Waals surface area contributed by atoms with E-state index in [4.69, 9.17) is 4.42 Å². The lowest BCUT2D eigenvalue weighted by molar-refractivity contribution is 0.0946. The third-order valence-electron chi connectivity index (χ3n) is 3.03. The van der Waals surface area contributed by atoms with Gasteiger partial charge >= 0.3 is 0 Å². The third-order valence-corrected chi connectivity index (χ3v) is 3.03. The standard InChI is InChI=1S/C12H19N3O2.ClH/c1-10-11(2-9-17-10)12(16)14-5-8-15-6-3-13-4-7-15;/h2,9,13H,3-8H2,1H3,(H,14,16);1H. The van der Waals surface area contributed by atoms with Crippen LogP contribution in [0.25, 0.3) is 0 Å². The summed E-state index contributed by atoms with van der Waals surface area (Å²) in [4.78, 5) is 14.1. The molecule has 1 aromatic rings. The van der Waals surface area contributed by atoms with Crippen LogP contribution in [-0.2, 0) is 0 Å². The lowest BCUT2D eigenvalue weighted by Gasteiger charge is -2.27. The molecule has 0 atom stereocenters. The number of amides is 1. The molecule has 5 nitrogen and oxygen atoms in total. The van der Waals surface area contributed by atoms with Gasteiger partial charge in [0.1, 0.15) is 5.76 Å². The van der Waals surface area contributed by atoms with Gasteiger partial charge in [0.25, 0.3) is 5.91 Å². The zero-order valence-electron chi connectivity index (χ0n) is 10.6. The van der Waals surface area contributed by atoms with Gasteiger partial charge in [-0.25, -0.2) is 0 Å². The summed E-state index contributed by atoms with van der Waals surface area (Å²) in [6.07, 6.45) is 1.54. The minimum Gasteiger partial charge on any atom is -0.469 e. The highest BCUT2D eigenvalue weighted by Gasteiger charge is 2.12. The fourth-order valence-corrected chi connectivity index (χ4v) is 1.98. The van der Waals surface area contributed by atoms with E-state index in [1.165, 1.54) is 0 Å². The molecule has 1 amide bonds. The second-order valence-electron chi connectivity index (χ2n) is 4.24. The van der Waals surface area contributed by atoms with Crippen molar-refractivity contribution in [3.8, 4) is 0 Å². The van der Waals surface area contributed by atoms with Gasteiger partial charge in [0.05, 0.1) is 11.8 Å². The third kappa shape index (κ3) is 4.01. The summed E-state index contributed by atoms with van der Waals surface area (Å²) in [5.74, 6) is 0.621. The van der Waals surface area contributed by atoms with Crippen molar-refractivity contribution in [1.82, 2.24) is 15.5 Å². The SMILES string of the molecule is Cc1occc1C(=O)NCCN1CCNCC1.Cl. The van der Waals surface area contributed by atoms with Gasteiger partial charge in [-0.15, -0.1) is 12.4 Å². The van der Waals surface area contributed by atoms with Crippen LogP contribution in [0.15, 0.2) is 16.7 Å². The van der Waals surface area contributed by atoms with Gasteiger partial charge in [0.2, 0.25) is 0 Å². The highest BCUT2D eigenvalue weighted by molar-refractivity contribution is 5.94. The van der Waals surface area contributed by atoms with Crippen molar-refractivity contribution in [2.75, 3.05) is 39.3 Å². The first kappa shape index (κ1) is 15.0. The van der Waals surface area contributed by atoms with E-state index in [1.807, 2.05) is 0 Å². The maximum Gasteiger partial charge on any atom is 0.254 e. The Kier molecular flexibility index (Phi) is 6.18. The molecule has 18 heavy (non-hydrogen) atoms. The number of hydrogen-bond donors (Lipinski definition) is 2. The van der Waals surface area contributed by atoms with Crippen LogP contribution in [0, 0.1) is 6.92 Å². The number of piperazine rings is 1. The summed E-state index contributed by atoms with van der Waals surface area (Å²) < 4.78 is 5.10. The van der Waals surface area contributed by atoms with E-state index in [-0.39, 0.29) is 18.3 Å². The quantitative estimate of drug-likeness (QED) is 0.846. The summed E-state index contributed by atoms with van der Waals surface area (Å²) in [6, 6.07) is 1.70. The van der Waals surface area contributed by atoms with Crippen LogP contribution in [0.1, 0.15) is 16.1 Å². The van der Waals surface area contributed by atoms with Crippen LogP contribution in [0.4, 0.5) is 0 Å². The molecule has 2 rings (SSSR count). The molecular weight excluding hydrogens is 254 g/mol. The summed E-state index contributed by atoms with van der Waals surface area (Å²) in [5, 5.41) is 6.21. The van der Waals surface area contributed by atoms with Gasteiger partial charge in [-0.3, -0.25) is 9.69 Å². The van der Waals surface area contributed by atoms with Crippen molar-refractivity contribution in [2.24, 2.45) is 0 Å². The van der Waals surface area contributed by atoms with Crippen LogP contribution < -0.4 is 10.6 Å². The number of halogens is 1. The highest BCUT2D eigenvalue weighted by Crippen LogP contribution is 2.07. The predicted molar refractivity (Wildman–Crippen MR) is 72.3 cm³/mol. The molecule has 1 fully saturated rings. The number of rotatable bonds is 4. The van der Waals surface area contributed by atoms with Crippen LogP contribution in [0.2, 0.25) is 0 Å². The predicted octanol–water partition coefficient (Wildman–Crippen LogP) is 0.645. The molecule has 0 spiro atoms. The molecule has 0 aliphatic carbocycles. The van der Waals surface area contributed by atoms with E-state index in [0.29, 0.717) is 17.9 Å². The molecule has 102 valence electrons. The largest absolute Gasteiger partial charge is 0.469 e. The average molecular weight is 274 g/mol. The van der Waals surface area contributed by atoms with Crippen molar-refractivity contribution in [3.05, 3.63) is 23.7 Å². The summed E-state index contributed by atoms with van der Waals surface area (Å²) >= 11 is 0. The van der Waals surface area contributed by atoms with Crippen LogP contribution >= 0.6 is 12.4 Å². The monoisotopic (exact) mass is 273 g/mol. The minimum absolute atomic E-state index is 0. The first-order valence-electron chi connectivity index (χ1n) is 6.03. The molecule has 1 aromatic heterocycles. The molecule has 0 bridgehead atoms. The van der Waals surface area contributed by atoms with Crippen LogP contribution in [0.3, 0.4) is 0 Å². The van der Waals surface area contributed by atoms with E-state index in [2.05, 4.69) is 15.5 Å². The Hall–Kier alpha value is -1.04. The van der Waals surface area contributed by atoms with Gasteiger partial charge in [-0.1, -0.05) is 0 Å². The number of aryl methyl sites for hydroxylation is 1. The fraction of sp³-hybridized carbons (Fsp3) is 0.583. The van der Waals surface area contributed by atoms with E-state index < -0.39 is 0 Å². The first-order chi connectivity index (χ1) is 8.27. The van der Waals surface area contributed by atoms with Crippen molar-refractivity contribution < 1.29 is 9.21 Å². The average Bonchev–Trinajstić information content (AvgIpc) is 2.77. The zero-order valence-corrected chi connectivity index (χ0v) is 11.4. The van der Waals surface area contributed by atoms with Gasteiger partial charge in [-0.2, -0.15) is 0 Å². The maximum atomic E-state index is 11.8. The van der Waals surface area contributed by atoms with Crippen LogP contribution in [-0.4, -0.2) is 50.1 Å². The Bertz CT molecular complexity index is 375. The smallest absolute Gasteiger partial charge is 0.254 e.